The second kappa shape index (κ2) is 7.47. The van der Waals surface area contributed by atoms with Gasteiger partial charge in [0, 0.05) is 18.5 Å². The number of thioether (sulfide) groups is 1. The van der Waals surface area contributed by atoms with Crippen LogP contribution in [0.2, 0.25) is 0 Å². The summed E-state index contributed by atoms with van der Waals surface area (Å²) >= 11 is 1.14. The fraction of sp³-hybridized carbons (Fsp3) is 0.647. The molecule has 2 amide bonds. The van der Waals surface area contributed by atoms with Gasteiger partial charge in [-0.2, -0.15) is 10.5 Å². The van der Waals surface area contributed by atoms with Crippen LogP contribution in [0.4, 0.5) is 0 Å². The van der Waals surface area contributed by atoms with Gasteiger partial charge in [-0.25, -0.2) is 0 Å². The normalized spacial score (nSPS) is 28.8. The van der Waals surface area contributed by atoms with E-state index in [9.17, 15) is 20.1 Å². The molecule has 0 unspecified atom stereocenters. The Morgan fingerprint density at radius 1 is 1.36 bits per heavy atom. The minimum Gasteiger partial charge on any atom is -0.372 e. The van der Waals surface area contributed by atoms with Crippen LogP contribution in [0.5, 0.6) is 0 Å². The predicted molar refractivity (Wildman–Crippen MR) is 92.7 cm³/mol. The van der Waals surface area contributed by atoms with Crippen LogP contribution in [0, 0.1) is 34.0 Å². The van der Waals surface area contributed by atoms with Crippen LogP contribution in [-0.2, 0) is 14.3 Å². The van der Waals surface area contributed by atoms with Gasteiger partial charge in [-0.1, -0.05) is 25.6 Å². The van der Waals surface area contributed by atoms with Gasteiger partial charge in [0.05, 0.1) is 40.7 Å². The van der Waals surface area contributed by atoms with E-state index in [1.807, 2.05) is 19.9 Å². The first kappa shape index (κ1) is 19.3. The lowest BCUT2D eigenvalue weighted by Gasteiger charge is -2.36. The largest absolute Gasteiger partial charge is 0.372 e. The molecule has 0 spiro atoms. The third-order valence-electron chi connectivity index (χ3n) is 4.45. The highest BCUT2D eigenvalue weighted by molar-refractivity contribution is 8.03. The van der Waals surface area contributed by atoms with Gasteiger partial charge in [0.1, 0.15) is 5.92 Å². The minimum atomic E-state index is -0.928. The number of rotatable bonds is 3. The number of morpholine rings is 1. The molecule has 0 aromatic carbocycles. The van der Waals surface area contributed by atoms with Crippen molar-refractivity contribution < 1.29 is 14.3 Å². The van der Waals surface area contributed by atoms with Gasteiger partial charge in [0.15, 0.2) is 0 Å². The topological polar surface area (TPSA) is 106 Å². The lowest BCUT2D eigenvalue weighted by molar-refractivity contribution is -0.140. The lowest BCUT2D eigenvalue weighted by atomic mass is 9.72. The van der Waals surface area contributed by atoms with E-state index in [0.717, 1.165) is 11.8 Å². The van der Waals surface area contributed by atoms with E-state index >= 15 is 0 Å². The first-order valence-corrected chi connectivity index (χ1v) is 9.10. The summed E-state index contributed by atoms with van der Waals surface area (Å²) in [5, 5.41) is 21.7. The Morgan fingerprint density at radius 3 is 2.48 bits per heavy atom. The molecule has 25 heavy (non-hydrogen) atoms. The van der Waals surface area contributed by atoms with Crippen LogP contribution >= 0.6 is 11.8 Å². The summed E-state index contributed by atoms with van der Waals surface area (Å²) in [6, 6.07) is 4.05. The standard InChI is InChI=1S/C17H22N4O3S/c1-10-7-21(8-11(2)24-10)14(22)9-25-16-13(6-19)17(3,4)12(5-18)15(23)20-16/h10-12H,7-9H2,1-4H3,(H,20,23)/t10-,11-,12+/m1/s1. The van der Waals surface area contributed by atoms with Crippen LogP contribution in [0.25, 0.3) is 0 Å². The smallest absolute Gasteiger partial charge is 0.243 e. The zero-order valence-corrected chi connectivity index (χ0v) is 15.6. The van der Waals surface area contributed by atoms with Crippen molar-refractivity contribution >= 4 is 23.6 Å². The number of carbonyl (C=O) groups is 2. The second-order valence-corrected chi connectivity index (χ2v) is 7.92. The molecule has 0 aromatic heterocycles. The summed E-state index contributed by atoms with van der Waals surface area (Å²) in [6.45, 7) is 8.30. The zero-order valence-electron chi connectivity index (χ0n) is 14.8. The van der Waals surface area contributed by atoms with E-state index in [1.165, 1.54) is 0 Å². The molecule has 1 saturated heterocycles. The van der Waals surface area contributed by atoms with Crippen LogP contribution < -0.4 is 5.32 Å². The van der Waals surface area contributed by atoms with Crippen molar-refractivity contribution in [3.05, 3.63) is 10.6 Å². The second-order valence-electron chi connectivity index (χ2n) is 6.93. The molecule has 0 aliphatic carbocycles. The highest BCUT2D eigenvalue weighted by atomic mass is 32.2. The number of amides is 2. The van der Waals surface area contributed by atoms with E-state index in [0.29, 0.717) is 23.7 Å². The Bertz CT molecular complexity index is 679. The maximum atomic E-state index is 12.5. The third kappa shape index (κ3) is 3.97. The van der Waals surface area contributed by atoms with Crippen molar-refractivity contribution in [1.82, 2.24) is 10.2 Å². The van der Waals surface area contributed by atoms with Crippen LogP contribution in [0.3, 0.4) is 0 Å². The number of nitrogens with one attached hydrogen (secondary N) is 1. The van der Waals surface area contributed by atoms with Crippen molar-refractivity contribution in [2.45, 2.75) is 39.9 Å². The fourth-order valence-electron chi connectivity index (χ4n) is 3.14. The fourth-order valence-corrected chi connectivity index (χ4v) is 4.22. The van der Waals surface area contributed by atoms with Crippen molar-refractivity contribution in [2.75, 3.05) is 18.8 Å². The molecule has 0 bridgehead atoms. The summed E-state index contributed by atoms with van der Waals surface area (Å²) in [6.07, 6.45) is -0.0347. The number of nitriles is 2. The molecule has 134 valence electrons. The molecule has 3 atom stereocenters. The van der Waals surface area contributed by atoms with Crippen molar-refractivity contribution in [3.63, 3.8) is 0 Å². The van der Waals surface area contributed by atoms with Gasteiger partial charge in [-0.15, -0.1) is 0 Å². The van der Waals surface area contributed by atoms with E-state index in [2.05, 4.69) is 11.4 Å². The number of carbonyl (C=O) groups excluding carboxylic acids is 2. The molecule has 2 aliphatic heterocycles. The van der Waals surface area contributed by atoms with Gasteiger partial charge >= 0.3 is 0 Å². The number of hydrogen-bond donors (Lipinski definition) is 1. The van der Waals surface area contributed by atoms with Gasteiger partial charge in [0.25, 0.3) is 0 Å². The summed E-state index contributed by atoms with van der Waals surface area (Å²) in [7, 11) is 0. The van der Waals surface area contributed by atoms with E-state index in [-0.39, 0.29) is 23.9 Å². The van der Waals surface area contributed by atoms with Crippen molar-refractivity contribution in [3.8, 4) is 12.1 Å². The Hall–Kier alpha value is -2.03. The van der Waals surface area contributed by atoms with Crippen LogP contribution in [-0.4, -0.2) is 47.8 Å². The Kier molecular flexibility index (Phi) is 5.76. The van der Waals surface area contributed by atoms with Crippen LogP contribution in [0.1, 0.15) is 27.7 Å². The Balaban J connectivity index is 2.12. The monoisotopic (exact) mass is 362 g/mol. The highest BCUT2D eigenvalue weighted by Crippen LogP contribution is 2.41. The Labute approximate surface area is 152 Å². The number of hydrogen-bond acceptors (Lipinski definition) is 6. The maximum absolute atomic E-state index is 12.5. The molecule has 0 aromatic rings. The highest BCUT2D eigenvalue weighted by Gasteiger charge is 2.44. The average Bonchev–Trinajstić information content (AvgIpc) is 2.51. The molecule has 2 aliphatic rings. The first-order chi connectivity index (χ1) is 11.7. The molecule has 8 heteroatoms. The number of nitrogens with zero attached hydrogens (tertiary/aromatic N) is 3. The maximum Gasteiger partial charge on any atom is 0.243 e. The molecule has 2 rings (SSSR count). The molecule has 7 nitrogen and oxygen atoms in total. The number of ether oxygens (including phenoxy) is 1. The summed E-state index contributed by atoms with van der Waals surface area (Å²) in [5.74, 6) is -1.31. The van der Waals surface area contributed by atoms with Gasteiger partial charge < -0.3 is 15.0 Å². The Morgan fingerprint density at radius 2 is 1.96 bits per heavy atom. The average molecular weight is 362 g/mol. The quantitative estimate of drug-likeness (QED) is 0.813. The van der Waals surface area contributed by atoms with Gasteiger partial charge in [-0.3, -0.25) is 9.59 Å². The van der Waals surface area contributed by atoms with E-state index in [4.69, 9.17) is 4.74 Å². The lowest BCUT2D eigenvalue weighted by Crippen LogP contribution is -2.49. The van der Waals surface area contributed by atoms with E-state index < -0.39 is 17.2 Å². The first-order valence-electron chi connectivity index (χ1n) is 8.12. The van der Waals surface area contributed by atoms with Gasteiger partial charge in [-0.05, 0) is 13.8 Å². The van der Waals surface area contributed by atoms with Crippen molar-refractivity contribution in [2.24, 2.45) is 11.3 Å². The summed E-state index contributed by atoms with van der Waals surface area (Å²) in [4.78, 5) is 26.4. The minimum absolute atomic E-state index is 0.0173. The SMILES string of the molecule is C[C@@H]1CN(C(=O)CSC2=C(C#N)C(C)(C)[C@@H](C#N)C(=O)N2)C[C@@H](C)O1. The van der Waals surface area contributed by atoms with Crippen LogP contribution in [0.15, 0.2) is 10.6 Å². The van der Waals surface area contributed by atoms with Crippen molar-refractivity contribution in [1.29, 1.82) is 10.5 Å². The third-order valence-corrected chi connectivity index (χ3v) is 5.43. The molecular weight excluding hydrogens is 340 g/mol. The zero-order chi connectivity index (χ0) is 18.8. The molecule has 0 radical (unpaired) electrons. The molecule has 0 saturated carbocycles. The van der Waals surface area contributed by atoms with Gasteiger partial charge in [0.2, 0.25) is 11.8 Å². The van der Waals surface area contributed by atoms with E-state index in [1.54, 1.807) is 18.7 Å². The number of allylic oxidation sites excluding steroid dienone is 1. The molecule has 2 heterocycles. The predicted octanol–water partition coefficient (Wildman–Crippen LogP) is 1.39. The summed E-state index contributed by atoms with van der Waals surface area (Å²) < 4.78 is 5.62. The molecule has 1 fully saturated rings. The molecule has 1 N–H and O–H groups in total. The molecular formula is C17H22N4O3S. The summed E-state index contributed by atoms with van der Waals surface area (Å²) in [5.41, 5.74) is -0.556.